The van der Waals surface area contributed by atoms with E-state index in [-0.39, 0.29) is 11.8 Å². The number of rotatable bonds is 5. The van der Waals surface area contributed by atoms with Crippen LogP contribution < -0.4 is 9.64 Å². The van der Waals surface area contributed by atoms with Crippen LogP contribution in [0.2, 0.25) is 0 Å². The van der Waals surface area contributed by atoms with E-state index in [9.17, 15) is 9.59 Å². The first-order valence-corrected chi connectivity index (χ1v) is 11.8. The third-order valence-electron chi connectivity index (χ3n) is 6.45. The number of hydrogen-bond donors (Lipinski definition) is 0. The summed E-state index contributed by atoms with van der Waals surface area (Å²) in [5.41, 5.74) is 3.44. The minimum Gasteiger partial charge on any atom is -0.457 e. The van der Waals surface area contributed by atoms with Crippen molar-refractivity contribution >= 4 is 23.1 Å². The predicted molar refractivity (Wildman–Crippen MR) is 134 cm³/mol. The molecule has 5 nitrogen and oxygen atoms in total. The van der Waals surface area contributed by atoms with Crippen molar-refractivity contribution in [1.29, 1.82) is 0 Å². The quantitative estimate of drug-likeness (QED) is 0.459. The van der Waals surface area contributed by atoms with Gasteiger partial charge in [0, 0.05) is 13.1 Å². The van der Waals surface area contributed by atoms with Gasteiger partial charge in [-0.25, -0.2) is 4.90 Å². The first-order chi connectivity index (χ1) is 16.5. The molecule has 0 aromatic heterocycles. The molecule has 0 aliphatic carbocycles. The van der Waals surface area contributed by atoms with Crippen LogP contribution in [-0.2, 0) is 9.59 Å². The van der Waals surface area contributed by atoms with Gasteiger partial charge in [-0.05, 0) is 67.6 Å². The monoisotopic (exact) mass is 452 g/mol. The zero-order valence-electron chi connectivity index (χ0n) is 19.5. The highest BCUT2D eigenvalue weighted by molar-refractivity contribution is 6.45. The normalized spacial score (nSPS) is 18.6. The number of nitrogens with zero attached hydrogens (tertiary/aromatic N) is 2. The average Bonchev–Trinajstić information content (AvgIpc) is 3.11. The van der Waals surface area contributed by atoms with Crippen LogP contribution in [0.1, 0.15) is 30.9 Å². The number of carbonyl (C=O) groups excluding carboxylic acids is 2. The minimum atomic E-state index is -0.279. The Balaban J connectivity index is 1.48. The van der Waals surface area contributed by atoms with E-state index in [4.69, 9.17) is 4.74 Å². The fourth-order valence-corrected chi connectivity index (χ4v) is 4.71. The van der Waals surface area contributed by atoms with Gasteiger partial charge in [-0.15, -0.1) is 0 Å². The number of anilines is 1. The van der Waals surface area contributed by atoms with Crippen LogP contribution in [0.4, 0.5) is 5.69 Å². The molecule has 5 heteroatoms. The lowest BCUT2D eigenvalue weighted by Gasteiger charge is -2.33. The highest BCUT2D eigenvalue weighted by atomic mass is 16.5. The number of ether oxygens (including phenoxy) is 1. The number of likely N-dealkylation sites (tertiary alicyclic amines) is 1. The Labute approximate surface area is 200 Å². The second-order valence-electron chi connectivity index (χ2n) is 9.14. The lowest BCUT2D eigenvalue weighted by Crippen LogP contribution is -2.39. The number of benzene rings is 3. The number of amides is 2. The second kappa shape index (κ2) is 9.18. The third-order valence-corrected chi connectivity index (χ3v) is 6.45. The first kappa shape index (κ1) is 22.0. The Hall–Kier alpha value is -3.86. The summed E-state index contributed by atoms with van der Waals surface area (Å²) >= 11 is 0. The SMILES string of the molecule is Cc1ccc(C2=C(N3CCCC(C)C3)C(=O)N(c3ccc(Oc4ccccc4)cc3)C2=O)cc1. The van der Waals surface area contributed by atoms with Crippen molar-refractivity contribution in [3.63, 3.8) is 0 Å². The van der Waals surface area contributed by atoms with Crippen molar-refractivity contribution in [3.05, 3.63) is 95.7 Å². The second-order valence-corrected chi connectivity index (χ2v) is 9.14. The molecule has 34 heavy (non-hydrogen) atoms. The molecule has 0 bridgehead atoms. The smallest absolute Gasteiger partial charge is 0.282 e. The Morgan fingerprint density at radius 2 is 1.50 bits per heavy atom. The summed E-state index contributed by atoms with van der Waals surface area (Å²) < 4.78 is 5.87. The lowest BCUT2D eigenvalue weighted by molar-refractivity contribution is -0.120. The summed E-state index contributed by atoms with van der Waals surface area (Å²) in [6.07, 6.45) is 2.15. The van der Waals surface area contributed by atoms with Crippen LogP contribution in [-0.4, -0.2) is 29.8 Å². The molecular weight excluding hydrogens is 424 g/mol. The van der Waals surface area contributed by atoms with E-state index >= 15 is 0 Å². The van der Waals surface area contributed by atoms with E-state index in [1.807, 2.05) is 61.5 Å². The Morgan fingerprint density at radius 3 is 2.18 bits per heavy atom. The molecule has 1 fully saturated rings. The standard InChI is InChI=1S/C29H28N2O3/c1-20-10-12-22(13-11-20)26-27(30-18-6-7-21(2)19-30)29(33)31(28(26)32)23-14-16-25(17-15-23)34-24-8-4-3-5-9-24/h3-5,8-17,21H,6-7,18-19H2,1-2H3. The van der Waals surface area contributed by atoms with Crippen molar-refractivity contribution in [2.24, 2.45) is 5.92 Å². The largest absolute Gasteiger partial charge is 0.457 e. The zero-order valence-corrected chi connectivity index (χ0v) is 19.5. The number of aryl methyl sites for hydroxylation is 1. The molecule has 2 heterocycles. The van der Waals surface area contributed by atoms with Crippen LogP contribution in [0.25, 0.3) is 5.57 Å². The fraction of sp³-hybridized carbons (Fsp3) is 0.241. The molecule has 5 rings (SSSR count). The average molecular weight is 453 g/mol. The molecule has 3 aromatic carbocycles. The molecule has 2 amide bonds. The zero-order chi connectivity index (χ0) is 23.7. The molecule has 3 aromatic rings. The molecule has 2 aliphatic heterocycles. The Kier molecular flexibility index (Phi) is 5.93. The van der Waals surface area contributed by atoms with Crippen molar-refractivity contribution < 1.29 is 14.3 Å². The van der Waals surface area contributed by atoms with Crippen LogP contribution in [0.5, 0.6) is 11.5 Å². The highest BCUT2D eigenvalue weighted by Gasteiger charge is 2.43. The van der Waals surface area contributed by atoms with Gasteiger partial charge in [0.25, 0.3) is 11.8 Å². The van der Waals surface area contributed by atoms with Crippen molar-refractivity contribution in [1.82, 2.24) is 4.90 Å². The molecule has 172 valence electrons. The van der Waals surface area contributed by atoms with Gasteiger partial charge in [-0.1, -0.05) is 55.0 Å². The Morgan fingerprint density at radius 1 is 0.824 bits per heavy atom. The first-order valence-electron chi connectivity index (χ1n) is 11.8. The molecular formula is C29H28N2O3. The molecule has 1 unspecified atom stereocenters. The van der Waals surface area contributed by atoms with Crippen LogP contribution in [0.15, 0.2) is 84.6 Å². The molecule has 0 spiro atoms. The summed E-state index contributed by atoms with van der Waals surface area (Å²) in [7, 11) is 0. The van der Waals surface area contributed by atoms with Crippen molar-refractivity contribution in [3.8, 4) is 11.5 Å². The van der Waals surface area contributed by atoms with Crippen LogP contribution in [0, 0.1) is 12.8 Å². The van der Waals surface area contributed by atoms with E-state index in [1.54, 1.807) is 24.3 Å². The maximum Gasteiger partial charge on any atom is 0.282 e. The number of hydrogen-bond acceptors (Lipinski definition) is 4. The number of piperidine rings is 1. The van der Waals surface area contributed by atoms with Gasteiger partial charge in [0.1, 0.15) is 17.2 Å². The van der Waals surface area contributed by atoms with Gasteiger partial charge < -0.3 is 9.64 Å². The van der Waals surface area contributed by atoms with Gasteiger partial charge in [0.2, 0.25) is 0 Å². The summed E-state index contributed by atoms with van der Waals surface area (Å²) in [5, 5.41) is 0. The maximum atomic E-state index is 13.7. The van der Waals surface area contributed by atoms with E-state index in [0.29, 0.717) is 28.6 Å². The molecule has 1 saturated heterocycles. The van der Waals surface area contributed by atoms with Gasteiger partial charge in [0.15, 0.2) is 0 Å². The molecule has 1 atom stereocenters. The van der Waals surface area contributed by atoms with E-state index in [2.05, 4.69) is 11.8 Å². The Bertz CT molecular complexity index is 1230. The number of imide groups is 1. The van der Waals surface area contributed by atoms with Crippen molar-refractivity contribution in [2.45, 2.75) is 26.7 Å². The maximum absolute atomic E-state index is 13.7. The van der Waals surface area contributed by atoms with Crippen LogP contribution >= 0.6 is 0 Å². The number of para-hydroxylation sites is 1. The fourth-order valence-electron chi connectivity index (χ4n) is 4.71. The van der Waals surface area contributed by atoms with E-state index < -0.39 is 0 Å². The van der Waals surface area contributed by atoms with Crippen LogP contribution in [0.3, 0.4) is 0 Å². The number of carbonyl (C=O) groups is 2. The minimum absolute atomic E-state index is 0.258. The lowest BCUT2D eigenvalue weighted by atomic mass is 9.97. The van der Waals surface area contributed by atoms with Gasteiger partial charge in [-0.2, -0.15) is 0 Å². The molecule has 2 aliphatic rings. The summed E-state index contributed by atoms with van der Waals surface area (Å²) in [4.78, 5) is 30.8. The predicted octanol–water partition coefficient (Wildman–Crippen LogP) is 5.80. The molecule has 0 saturated carbocycles. The van der Waals surface area contributed by atoms with Gasteiger partial charge in [-0.3, -0.25) is 9.59 Å². The highest BCUT2D eigenvalue weighted by Crippen LogP contribution is 2.37. The third kappa shape index (κ3) is 4.21. The van der Waals surface area contributed by atoms with Crippen molar-refractivity contribution in [2.75, 3.05) is 18.0 Å². The van der Waals surface area contributed by atoms with E-state index in [1.165, 1.54) is 4.90 Å². The van der Waals surface area contributed by atoms with Gasteiger partial charge in [0.05, 0.1) is 11.3 Å². The summed E-state index contributed by atoms with van der Waals surface area (Å²) in [6, 6.07) is 24.4. The van der Waals surface area contributed by atoms with Gasteiger partial charge >= 0.3 is 0 Å². The summed E-state index contributed by atoms with van der Waals surface area (Å²) in [6.45, 7) is 5.77. The molecule has 0 radical (unpaired) electrons. The van der Waals surface area contributed by atoms with E-state index in [0.717, 1.165) is 42.8 Å². The summed E-state index contributed by atoms with van der Waals surface area (Å²) in [5.74, 6) is 1.32. The topological polar surface area (TPSA) is 49.9 Å². The molecule has 0 N–H and O–H groups in total.